The molecule has 42 valence electrons. The van der Waals surface area contributed by atoms with E-state index in [0.717, 1.165) is 6.42 Å². The van der Waals surface area contributed by atoms with Gasteiger partial charge in [0, 0.05) is 0 Å². The molecule has 2 heteroatoms. The molecule has 1 unspecified atom stereocenters. The SMILES string of the molecule is CC1(O)C=ICC1. The third kappa shape index (κ3) is 1.49. The third-order valence-electron chi connectivity index (χ3n) is 1.02. The second-order valence-corrected chi connectivity index (χ2v) is 4.64. The van der Waals surface area contributed by atoms with Crippen LogP contribution in [-0.4, -0.2) is 19.1 Å². The third-order valence-corrected chi connectivity index (χ3v) is 3.97. The second kappa shape index (κ2) is 1.82. The fraction of sp³-hybridized carbons (Fsp3) is 0.800. The highest BCUT2D eigenvalue weighted by atomic mass is 127. The average molecular weight is 212 g/mol. The number of hydrogen-bond donors (Lipinski definition) is 1. The molecule has 0 saturated heterocycles. The van der Waals surface area contributed by atoms with Crippen molar-refractivity contribution in [2.45, 2.75) is 18.9 Å². The molecule has 0 aromatic heterocycles. The van der Waals surface area contributed by atoms with Crippen molar-refractivity contribution in [1.82, 2.24) is 0 Å². The summed E-state index contributed by atoms with van der Waals surface area (Å²) >= 11 is 0.278. The smallest absolute Gasteiger partial charge is 0.0858 e. The Labute approximate surface area is 53.5 Å². The summed E-state index contributed by atoms with van der Waals surface area (Å²) in [5.41, 5.74) is -0.382. The molecule has 0 aromatic carbocycles. The molecule has 0 aromatic rings. The van der Waals surface area contributed by atoms with Gasteiger partial charge >= 0.3 is 0 Å². The monoisotopic (exact) mass is 212 g/mol. The Hall–Kier alpha value is 0.560. The normalized spacial score (nSPS) is 40.9. The van der Waals surface area contributed by atoms with Crippen LogP contribution in [0.5, 0.6) is 0 Å². The van der Waals surface area contributed by atoms with Gasteiger partial charge in [-0.3, -0.25) is 0 Å². The topological polar surface area (TPSA) is 20.2 Å². The fourth-order valence-electron chi connectivity index (χ4n) is 0.521. The molecule has 1 nitrogen and oxygen atoms in total. The van der Waals surface area contributed by atoms with Gasteiger partial charge in [-0.1, -0.05) is 0 Å². The van der Waals surface area contributed by atoms with Gasteiger partial charge in [0.25, 0.3) is 0 Å². The molecule has 0 bridgehead atoms. The average Bonchev–Trinajstić information content (AvgIpc) is 1.84. The Morgan fingerprint density at radius 2 is 2.57 bits per heavy atom. The molecule has 0 aliphatic carbocycles. The van der Waals surface area contributed by atoms with E-state index in [-0.39, 0.29) is 26.3 Å². The van der Waals surface area contributed by atoms with Crippen molar-refractivity contribution in [3.05, 3.63) is 0 Å². The van der Waals surface area contributed by atoms with E-state index >= 15 is 0 Å². The van der Waals surface area contributed by atoms with Gasteiger partial charge in [0.1, 0.15) is 0 Å². The molecular formula is C5H9IO. The van der Waals surface area contributed by atoms with Gasteiger partial charge in [0.2, 0.25) is 0 Å². The van der Waals surface area contributed by atoms with Crippen LogP contribution in [0.2, 0.25) is 0 Å². The molecule has 0 amide bonds. The lowest BCUT2D eigenvalue weighted by Gasteiger charge is -2.09. The lowest BCUT2D eigenvalue weighted by atomic mass is 10.1. The van der Waals surface area contributed by atoms with Crippen molar-refractivity contribution in [1.29, 1.82) is 0 Å². The Morgan fingerprint density at radius 3 is 2.71 bits per heavy atom. The van der Waals surface area contributed by atoms with Crippen molar-refractivity contribution < 1.29 is 5.11 Å². The minimum absolute atomic E-state index is 0.278. The van der Waals surface area contributed by atoms with E-state index in [1.807, 2.05) is 6.92 Å². The fourth-order valence-corrected chi connectivity index (χ4v) is 3.50. The highest BCUT2D eigenvalue weighted by molar-refractivity contribution is 14.2. The van der Waals surface area contributed by atoms with Gasteiger partial charge in [-0.25, -0.2) is 0 Å². The molecule has 0 saturated carbocycles. The highest BCUT2D eigenvalue weighted by Gasteiger charge is 2.19. The maximum Gasteiger partial charge on any atom is 0.0858 e. The van der Waals surface area contributed by atoms with Crippen LogP contribution >= 0.6 is 20.7 Å². The van der Waals surface area contributed by atoms with Gasteiger partial charge in [0.15, 0.2) is 0 Å². The van der Waals surface area contributed by atoms with Gasteiger partial charge in [-0.15, -0.1) is 20.7 Å². The molecule has 0 radical (unpaired) electrons. The Kier molecular flexibility index (Phi) is 1.48. The molecule has 1 N–H and O–H groups in total. The van der Waals surface area contributed by atoms with E-state index in [9.17, 15) is 0 Å². The quantitative estimate of drug-likeness (QED) is 0.467. The van der Waals surface area contributed by atoms with E-state index in [1.165, 1.54) is 4.43 Å². The van der Waals surface area contributed by atoms with Crippen LogP contribution in [-0.2, 0) is 0 Å². The summed E-state index contributed by atoms with van der Waals surface area (Å²) in [6, 6.07) is 0. The number of aliphatic hydroxyl groups is 1. The van der Waals surface area contributed by atoms with Gasteiger partial charge in [-0.05, 0) is 21.8 Å². The summed E-state index contributed by atoms with van der Waals surface area (Å²) in [6.07, 6.45) is 1.00. The maximum absolute atomic E-state index is 9.17. The lowest BCUT2D eigenvalue weighted by Crippen LogP contribution is -2.21. The van der Waals surface area contributed by atoms with Crippen LogP contribution in [0.3, 0.4) is 0 Å². The van der Waals surface area contributed by atoms with Crippen LogP contribution in [0.15, 0.2) is 0 Å². The predicted octanol–water partition coefficient (Wildman–Crippen LogP) is 0.914. The molecule has 7 heavy (non-hydrogen) atoms. The Bertz CT molecular complexity index is 96.3. The van der Waals surface area contributed by atoms with Gasteiger partial charge in [-0.2, -0.15) is 0 Å². The zero-order valence-electron chi connectivity index (χ0n) is 4.32. The summed E-state index contributed by atoms with van der Waals surface area (Å²) in [7, 11) is 0. The van der Waals surface area contributed by atoms with Crippen LogP contribution in [0.1, 0.15) is 13.3 Å². The minimum atomic E-state index is -0.382. The number of hydrogen-bond acceptors (Lipinski definition) is 1. The van der Waals surface area contributed by atoms with E-state index in [1.54, 1.807) is 0 Å². The second-order valence-electron chi connectivity index (χ2n) is 2.06. The highest BCUT2D eigenvalue weighted by Crippen LogP contribution is 2.20. The van der Waals surface area contributed by atoms with Crippen molar-refractivity contribution in [3.63, 3.8) is 0 Å². The Morgan fingerprint density at radius 1 is 1.86 bits per heavy atom. The molecule has 1 heterocycles. The van der Waals surface area contributed by atoms with Crippen molar-refractivity contribution >= 4 is 24.7 Å². The van der Waals surface area contributed by atoms with Crippen molar-refractivity contribution in [2.75, 3.05) is 4.43 Å². The molecule has 0 spiro atoms. The summed E-state index contributed by atoms with van der Waals surface area (Å²) in [5.74, 6) is 0. The van der Waals surface area contributed by atoms with E-state index in [4.69, 9.17) is 5.11 Å². The maximum atomic E-state index is 9.17. The van der Waals surface area contributed by atoms with Crippen molar-refractivity contribution in [3.8, 4) is 0 Å². The van der Waals surface area contributed by atoms with Crippen LogP contribution in [0.4, 0.5) is 0 Å². The predicted molar refractivity (Wildman–Crippen MR) is 40.2 cm³/mol. The molecule has 0 fully saturated rings. The summed E-state index contributed by atoms with van der Waals surface area (Å²) in [6.45, 7) is 1.89. The first kappa shape index (κ1) is 5.69. The standard InChI is InChI=1S/C5H9IO/c1-5(7)2-3-6-4-5/h4,7H,2-3H2,1H3. The number of rotatable bonds is 0. The van der Waals surface area contributed by atoms with E-state index in [0.29, 0.717) is 0 Å². The van der Waals surface area contributed by atoms with Crippen molar-refractivity contribution in [2.24, 2.45) is 0 Å². The largest absolute Gasteiger partial charge is 0.386 e. The summed E-state index contributed by atoms with van der Waals surface area (Å²) in [4.78, 5) is 0. The lowest BCUT2D eigenvalue weighted by molar-refractivity contribution is 0.140. The molecule has 1 atom stereocenters. The number of alkyl halides is 1. The zero-order chi connectivity index (χ0) is 5.33. The molecule has 1 rings (SSSR count). The minimum Gasteiger partial charge on any atom is -0.386 e. The Balaban J connectivity index is 2.57. The van der Waals surface area contributed by atoms with E-state index in [2.05, 4.69) is 4.01 Å². The molecule has 1 aliphatic rings. The summed E-state index contributed by atoms with van der Waals surface area (Å²) < 4.78 is 3.36. The van der Waals surface area contributed by atoms with E-state index < -0.39 is 0 Å². The van der Waals surface area contributed by atoms with Gasteiger partial charge < -0.3 is 5.11 Å². The summed E-state index contributed by atoms with van der Waals surface area (Å²) in [5, 5.41) is 9.17. The first-order valence-electron chi connectivity index (χ1n) is 2.35. The number of halogens is 1. The molecular weight excluding hydrogens is 203 g/mol. The molecule has 1 aliphatic heterocycles. The first-order chi connectivity index (χ1) is 3.21. The van der Waals surface area contributed by atoms with Crippen LogP contribution in [0, 0.1) is 0 Å². The first-order valence-corrected chi connectivity index (χ1v) is 5.12. The van der Waals surface area contributed by atoms with Crippen LogP contribution < -0.4 is 0 Å². The van der Waals surface area contributed by atoms with Crippen LogP contribution in [0.25, 0.3) is 0 Å². The van der Waals surface area contributed by atoms with Gasteiger partial charge in [0.05, 0.1) is 5.60 Å². The zero-order valence-corrected chi connectivity index (χ0v) is 6.47.